The zero-order valence-electron chi connectivity index (χ0n) is 13.1. The van der Waals surface area contributed by atoms with Gasteiger partial charge in [0.05, 0.1) is 24.2 Å². The summed E-state index contributed by atoms with van der Waals surface area (Å²) in [6.45, 7) is 2.72. The SMILES string of the molecule is COC(=O)c1sccc1S(=O)(=O)Nc1c(C)nn(CC(=O)O)c1C. The standard InChI is InChI=1S/C13H15N3O6S2/c1-7-11(8(2)16(14-7)6-10(17)18)15-24(20,21)9-4-5-23-12(9)13(19)22-3/h4-5,15H,6H2,1-3H3,(H,17,18). The van der Waals surface area contributed by atoms with E-state index >= 15 is 0 Å². The molecule has 2 aromatic rings. The van der Waals surface area contributed by atoms with Crippen LogP contribution in [0.4, 0.5) is 5.69 Å². The molecule has 2 heterocycles. The summed E-state index contributed by atoms with van der Waals surface area (Å²) in [4.78, 5) is 22.2. The van der Waals surface area contributed by atoms with E-state index in [-0.39, 0.29) is 22.0 Å². The third-order valence-electron chi connectivity index (χ3n) is 3.19. The number of aromatic nitrogens is 2. The molecule has 130 valence electrons. The van der Waals surface area contributed by atoms with E-state index in [1.807, 2.05) is 0 Å². The summed E-state index contributed by atoms with van der Waals surface area (Å²) < 4.78 is 33.3. The maximum Gasteiger partial charge on any atom is 0.349 e. The summed E-state index contributed by atoms with van der Waals surface area (Å²) in [5.41, 5.74) is 0.860. The third kappa shape index (κ3) is 3.41. The van der Waals surface area contributed by atoms with Crippen LogP contribution in [-0.4, -0.2) is 42.4 Å². The van der Waals surface area contributed by atoms with E-state index in [9.17, 15) is 18.0 Å². The van der Waals surface area contributed by atoms with Crippen LogP contribution in [0.5, 0.6) is 0 Å². The molecular formula is C13H15N3O6S2. The predicted molar refractivity (Wildman–Crippen MR) is 85.8 cm³/mol. The first kappa shape index (κ1) is 17.9. The molecule has 2 aromatic heterocycles. The smallest absolute Gasteiger partial charge is 0.349 e. The molecule has 0 radical (unpaired) electrons. The highest BCUT2D eigenvalue weighted by atomic mass is 32.2. The van der Waals surface area contributed by atoms with Crippen LogP contribution in [-0.2, 0) is 26.1 Å². The minimum Gasteiger partial charge on any atom is -0.480 e. The summed E-state index contributed by atoms with van der Waals surface area (Å²) in [6, 6.07) is 1.30. The van der Waals surface area contributed by atoms with Crippen LogP contribution in [0.2, 0.25) is 0 Å². The Morgan fingerprint density at radius 2 is 2.08 bits per heavy atom. The number of hydrogen-bond donors (Lipinski definition) is 2. The third-order valence-corrected chi connectivity index (χ3v) is 5.61. The Morgan fingerprint density at radius 3 is 2.67 bits per heavy atom. The number of hydrogen-bond acceptors (Lipinski definition) is 7. The molecule has 2 rings (SSSR count). The number of aryl methyl sites for hydroxylation is 1. The number of methoxy groups -OCH3 is 1. The van der Waals surface area contributed by atoms with Crippen LogP contribution in [0.1, 0.15) is 21.1 Å². The molecule has 0 atom stereocenters. The molecule has 0 saturated heterocycles. The first-order chi connectivity index (χ1) is 11.2. The van der Waals surface area contributed by atoms with Gasteiger partial charge in [0.25, 0.3) is 10.0 Å². The van der Waals surface area contributed by atoms with E-state index in [1.54, 1.807) is 13.8 Å². The van der Waals surface area contributed by atoms with Crippen LogP contribution in [0.15, 0.2) is 16.3 Å². The summed E-state index contributed by atoms with van der Waals surface area (Å²) >= 11 is 0.949. The van der Waals surface area contributed by atoms with Crippen molar-refractivity contribution in [1.82, 2.24) is 9.78 Å². The lowest BCUT2D eigenvalue weighted by Gasteiger charge is -2.09. The van der Waals surface area contributed by atoms with Crippen molar-refractivity contribution < 1.29 is 27.9 Å². The Bertz CT molecular complexity index is 897. The topological polar surface area (TPSA) is 128 Å². The number of ether oxygens (including phenoxy) is 1. The number of sulfonamides is 1. The van der Waals surface area contributed by atoms with Gasteiger partial charge in [0.2, 0.25) is 0 Å². The summed E-state index contributed by atoms with van der Waals surface area (Å²) in [7, 11) is -2.89. The van der Waals surface area contributed by atoms with E-state index in [1.165, 1.54) is 16.1 Å². The van der Waals surface area contributed by atoms with Gasteiger partial charge in [-0.3, -0.25) is 14.2 Å². The molecular weight excluding hydrogens is 358 g/mol. The van der Waals surface area contributed by atoms with Gasteiger partial charge >= 0.3 is 11.9 Å². The van der Waals surface area contributed by atoms with Crippen molar-refractivity contribution in [1.29, 1.82) is 0 Å². The number of nitrogens with zero attached hydrogens (tertiary/aromatic N) is 2. The lowest BCUT2D eigenvalue weighted by atomic mass is 10.3. The van der Waals surface area contributed by atoms with Gasteiger partial charge < -0.3 is 9.84 Å². The lowest BCUT2D eigenvalue weighted by Crippen LogP contribution is -2.17. The minimum atomic E-state index is -4.06. The molecule has 0 spiro atoms. The van der Waals surface area contributed by atoms with Crippen molar-refractivity contribution in [3.8, 4) is 0 Å². The Hall–Kier alpha value is -2.40. The molecule has 2 N–H and O–H groups in total. The molecule has 0 amide bonds. The number of rotatable bonds is 6. The monoisotopic (exact) mass is 373 g/mol. The lowest BCUT2D eigenvalue weighted by molar-refractivity contribution is -0.137. The number of carbonyl (C=O) groups is 2. The van der Waals surface area contributed by atoms with Crippen LogP contribution in [0.3, 0.4) is 0 Å². The van der Waals surface area contributed by atoms with E-state index in [0.717, 1.165) is 18.4 Å². The largest absolute Gasteiger partial charge is 0.480 e. The van der Waals surface area contributed by atoms with Gasteiger partial charge in [-0.05, 0) is 25.3 Å². The maximum atomic E-state index is 12.6. The van der Waals surface area contributed by atoms with Crippen molar-refractivity contribution in [3.63, 3.8) is 0 Å². The van der Waals surface area contributed by atoms with Crippen molar-refractivity contribution in [3.05, 3.63) is 27.7 Å². The van der Waals surface area contributed by atoms with Gasteiger partial charge in [0.1, 0.15) is 16.3 Å². The van der Waals surface area contributed by atoms with E-state index in [2.05, 4.69) is 14.6 Å². The van der Waals surface area contributed by atoms with Gasteiger partial charge in [-0.1, -0.05) is 0 Å². The number of aliphatic carboxylic acids is 1. The highest BCUT2D eigenvalue weighted by Gasteiger charge is 2.27. The van der Waals surface area contributed by atoms with Crippen molar-refractivity contribution in [2.45, 2.75) is 25.3 Å². The number of thiophene rings is 1. The molecule has 0 saturated carbocycles. The van der Waals surface area contributed by atoms with Gasteiger partial charge in [0, 0.05) is 0 Å². The quantitative estimate of drug-likeness (QED) is 0.729. The van der Waals surface area contributed by atoms with Gasteiger partial charge in [0.15, 0.2) is 0 Å². The summed E-state index contributed by atoms with van der Waals surface area (Å²) in [5.74, 6) is -1.85. The first-order valence-electron chi connectivity index (χ1n) is 6.61. The van der Waals surface area contributed by atoms with Crippen LogP contribution >= 0.6 is 11.3 Å². The summed E-state index contributed by atoms with van der Waals surface area (Å²) in [5, 5.41) is 14.3. The minimum absolute atomic E-state index is 0.0433. The number of esters is 1. The Labute approximate surface area is 141 Å². The summed E-state index contributed by atoms with van der Waals surface area (Å²) in [6.07, 6.45) is 0. The normalized spacial score (nSPS) is 11.3. The predicted octanol–water partition coefficient (Wildman–Crippen LogP) is 1.23. The van der Waals surface area contributed by atoms with Crippen molar-refractivity contribution >= 4 is 39.0 Å². The maximum absolute atomic E-state index is 12.6. The second-order valence-electron chi connectivity index (χ2n) is 4.81. The Morgan fingerprint density at radius 1 is 1.42 bits per heavy atom. The van der Waals surface area contributed by atoms with Crippen LogP contribution < -0.4 is 4.72 Å². The molecule has 0 unspecified atom stereocenters. The van der Waals surface area contributed by atoms with E-state index in [4.69, 9.17) is 5.11 Å². The fourth-order valence-electron chi connectivity index (χ4n) is 2.07. The van der Waals surface area contributed by atoms with Gasteiger partial charge in [-0.2, -0.15) is 5.10 Å². The molecule has 0 fully saturated rings. The zero-order chi connectivity index (χ0) is 18.1. The second kappa shape index (κ2) is 6.61. The van der Waals surface area contributed by atoms with Gasteiger partial charge in [-0.15, -0.1) is 11.3 Å². The molecule has 24 heavy (non-hydrogen) atoms. The van der Waals surface area contributed by atoms with Gasteiger partial charge in [-0.25, -0.2) is 13.2 Å². The Balaban J connectivity index is 2.41. The number of carbonyl (C=O) groups excluding carboxylic acids is 1. The van der Waals surface area contributed by atoms with E-state index < -0.39 is 22.0 Å². The molecule has 0 aliphatic carbocycles. The van der Waals surface area contributed by atoms with Crippen LogP contribution in [0, 0.1) is 13.8 Å². The number of carboxylic acids is 1. The van der Waals surface area contributed by atoms with Crippen LogP contribution in [0.25, 0.3) is 0 Å². The number of carboxylic acid groups (broad SMARTS) is 1. The van der Waals surface area contributed by atoms with E-state index in [0.29, 0.717) is 11.4 Å². The fraction of sp³-hybridized carbons (Fsp3) is 0.308. The highest BCUT2D eigenvalue weighted by Crippen LogP contribution is 2.27. The fourth-order valence-corrected chi connectivity index (χ4v) is 4.58. The molecule has 9 nitrogen and oxygen atoms in total. The molecule has 0 bridgehead atoms. The number of nitrogens with one attached hydrogen (secondary N) is 1. The average Bonchev–Trinajstić information content (AvgIpc) is 3.08. The molecule has 0 aliphatic heterocycles. The first-order valence-corrected chi connectivity index (χ1v) is 8.98. The molecule has 0 aliphatic rings. The second-order valence-corrected chi connectivity index (χ2v) is 7.38. The Kier molecular flexibility index (Phi) is 4.94. The average molecular weight is 373 g/mol. The molecule has 11 heteroatoms. The zero-order valence-corrected chi connectivity index (χ0v) is 14.7. The number of anilines is 1. The molecule has 0 aromatic carbocycles. The highest BCUT2D eigenvalue weighted by molar-refractivity contribution is 7.93. The van der Waals surface area contributed by atoms with Crippen molar-refractivity contribution in [2.24, 2.45) is 0 Å². The van der Waals surface area contributed by atoms with Crippen molar-refractivity contribution in [2.75, 3.05) is 11.8 Å².